The first-order valence-electron chi connectivity index (χ1n) is 5.01. The van der Waals surface area contributed by atoms with E-state index in [1.54, 1.807) is 11.3 Å². The summed E-state index contributed by atoms with van der Waals surface area (Å²) in [7, 11) is 0. The second-order valence-corrected chi connectivity index (χ2v) is 4.67. The maximum Gasteiger partial charge on any atom is 0.307 e. The molecule has 82 valence electrons. The highest BCUT2D eigenvalue weighted by molar-refractivity contribution is 7.13. The van der Waals surface area contributed by atoms with Crippen molar-refractivity contribution >= 4 is 17.3 Å². The minimum absolute atomic E-state index is 0.0996. The van der Waals surface area contributed by atoms with Crippen LogP contribution >= 0.6 is 11.3 Å². The molecule has 1 aromatic carbocycles. The summed E-state index contributed by atoms with van der Waals surface area (Å²) in [4.78, 5) is 11.7. The van der Waals surface area contributed by atoms with Crippen LogP contribution in [0, 0.1) is 6.92 Å². The van der Waals surface area contributed by atoms with E-state index in [-0.39, 0.29) is 6.42 Å². The van der Waals surface area contributed by atoms with Crippen molar-refractivity contribution in [1.82, 2.24) is 0 Å². The van der Waals surface area contributed by atoms with Crippen molar-refractivity contribution in [2.75, 3.05) is 0 Å². The van der Waals surface area contributed by atoms with Crippen LogP contribution in [0.5, 0.6) is 0 Å². The first kappa shape index (κ1) is 10.9. The lowest BCUT2D eigenvalue weighted by molar-refractivity contribution is -0.136. The fourth-order valence-electron chi connectivity index (χ4n) is 1.51. The summed E-state index contributed by atoms with van der Waals surface area (Å²) in [6.07, 6.45) is 0.0996. The van der Waals surface area contributed by atoms with Crippen LogP contribution in [-0.2, 0) is 11.2 Å². The molecule has 16 heavy (non-hydrogen) atoms. The molecule has 0 aliphatic carbocycles. The SMILES string of the molecule is Cc1ccc(-c2cc(CC(=O)O)cs2)cc1. The topological polar surface area (TPSA) is 37.3 Å². The van der Waals surface area contributed by atoms with Crippen LogP contribution in [0.1, 0.15) is 11.1 Å². The molecule has 2 rings (SSSR count). The van der Waals surface area contributed by atoms with E-state index in [0.717, 1.165) is 16.0 Å². The number of hydrogen-bond acceptors (Lipinski definition) is 2. The number of benzene rings is 1. The average Bonchev–Trinajstić information content (AvgIpc) is 2.66. The minimum atomic E-state index is -0.784. The van der Waals surface area contributed by atoms with Crippen molar-refractivity contribution in [2.45, 2.75) is 13.3 Å². The molecule has 0 spiro atoms. The molecule has 0 aliphatic rings. The zero-order chi connectivity index (χ0) is 11.5. The number of carboxylic acids is 1. The second kappa shape index (κ2) is 4.49. The Hall–Kier alpha value is -1.61. The maximum absolute atomic E-state index is 10.6. The fraction of sp³-hybridized carbons (Fsp3) is 0.154. The minimum Gasteiger partial charge on any atom is -0.481 e. The smallest absolute Gasteiger partial charge is 0.307 e. The molecule has 1 aromatic heterocycles. The van der Waals surface area contributed by atoms with Crippen LogP contribution in [-0.4, -0.2) is 11.1 Å². The third kappa shape index (κ3) is 2.49. The Kier molecular flexibility index (Phi) is 3.06. The third-order valence-electron chi connectivity index (χ3n) is 2.35. The summed E-state index contributed by atoms with van der Waals surface area (Å²) in [5, 5.41) is 10.6. The molecule has 0 bridgehead atoms. The number of rotatable bonds is 3. The predicted molar refractivity (Wildman–Crippen MR) is 65.8 cm³/mol. The van der Waals surface area contributed by atoms with Gasteiger partial charge in [-0.3, -0.25) is 4.79 Å². The number of carbonyl (C=O) groups is 1. The Morgan fingerprint density at radius 3 is 2.62 bits per heavy atom. The van der Waals surface area contributed by atoms with Crippen molar-refractivity contribution in [2.24, 2.45) is 0 Å². The van der Waals surface area contributed by atoms with Gasteiger partial charge in [-0.2, -0.15) is 0 Å². The summed E-state index contributed by atoms with van der Waals surface area (Å²) >= 11 is 1.59. The summed E-state index contributed by atoms with van der Waals surface area (Å²) < 4.78 is 0. The van der Waals surface area contributed by atoms with E-state index in [1.807, 2.05) is 18.4 Å². The van der Waals surface area contributed by atoms with Gasteiger partial charge in [0, 0.05) is 4.88 Å². The van der Waals surface area contributed by atoms with Crippen LogP contribution in [0.15, 0.2) is 35.7 Å². The lowest BCUT2D eigenvalue weighted by Gasteiger charge is -1.97. The molecule has 3 heteroatoms. The zero-order valence-corrected chi connectivity index (χ0v) is 9.75. The van der Waals surface area contributed by atoms with Gasteiger partial charge in [-0.15, -0.1) is 11.3 Å². The Morgan fingerprint density at radius 1 is 1.31 bits per heavy atom. The molecule has 1 heterocycles. The summed E-state index contributed by atoms with van der Waals surface area (Å²) in [6.45, 7) is 2.05. The molecule has 2 aromatic rings. The Morgan fingerprint density at radius 2 is 2.00 bits per heavy atom. The lowest BCUT2D eigenvalue weighted by atomic mass is 10.1. The number of carboxylic acid groups (broad SMARTS) is 1. The Bertz CT molecular complexity index is 497. The van der Waals surface area contributed by atoms with E-state index < -0.39 is 5.97 Å². The molecule has 1 N–H and O–H groups in total. The van der Waals surface area contributed by atoms with Gasteiger partial charge in [0.05, 0.1) is 6.42 Å². The van der Waals surface area contributed by atoms with Crippen LogP contribution in [0.2, 0.25) is 0 Å². The van der Waals surface area contributed by atoms with Gasteiger partial charge in [0.2, 0.25) is 0 Å². The van der Waals surface area contributed by atoms with Crippen molar-refractivity contribution in [3.8, 4) is 10.4 Å². The number of hydrogen-bond donors (Lipinski definition) is 1. The molecular weight excluding hydrogens is 220 g/mol. The largest absolute Gasteiger partial charge is 0.481 e. The summed E-state index contributed by atoms with van der Waals surface area (Å²) in [5.41, 5.74) is 3.24. The van der Waals surface area contributed by atoms with Gasteiger partial charge in [0.1, 0.15) is 0 Å². The van der Waals surface area contributed by atoms with E-state index >= 15 is 0 Å². The van der Waals surface area contributed by atoms with E-state index in [4.69, 9.17) is 5.11 Å². The number of aliphatic carboxylic acids is 1. The molecule has 0 saturated carbocycles. The van der Waals surface area contributed by atoms with Gasteiger partial charge in [0.15, 0.2) is 0 Å². The fourth-order valence-corrected chi connectivity index (χ4v) is 2.43. The van der Waals surface area contributed by atoms with Gasteiger partial charge >= 0.3 is 5.97 Å². The van der Waals surface area contributed by atoms with Crippen LogP contribution < -0.4 is 0 Å². The Balaban J connectivity index is 2.24. The molecule has 0 radical (unpaired) electrons. The van der Waals surface area contributed by atoms with Crippen molar-refractivity contribution in [1.29, 1.82) is 0 Å². The number of thiophene rings is 1. The molecule has 0 unspecified atom stereocenters. The molecule has 0 aliphatic heterocycles. The lowest BCUT2D eigenvalue weighted by Crippen LogP contribution is -1.97. The van der Waals surface area contributed by atoms with Gasteiger partial charge in [0.25, 0.3) is 0 Å². The van der Waals surface area contributed by atoms with Gasteiger partial charge in [-0.25, -0.2) is 0 Å². The summed E-state index contributed by atoms with van der Waals surface area (Å²) in [6, 6.07) is 10.2. The standard InChI is InChI=1S/C13H12O2S/c1-9-2-4-11(5-3-9)12-6-10(8-16-12)7-13(14)15/h2-6,8H,7H2,1H3,(H,14,15). The first-order chi connectivity index (χ1) is 7.65. The highest BCUT2D eigenvalue weighted by atomic mass is 32.1. The Labute approximate surface area is 98.2 Å². The maximum atomic E-state index is 10.6. The molecule has 0 saturated heterocycles. The zero-order valence-electron chi connectivity index (χ0n) is 8.93. The van der Waals surface area contributed by atoms with E-state index in [9.17, 15) is 4.79 Å². The van der Waals surface area contributed by atoms with Crippen LogP contribution in [0.25, 0.3) is 10.4 Å². The van der Waals surface area contributed by atoms with Crippen LogP contribution in [0.3, 0.4) is 0 Å². The third-order valence-corrected chi connectivity index (χ3v) is 3.37. The average molecular weight is 232 g/mol. The summed E-state index contributed by atoms with van der Waals surface area (Å²) in [5.74, 6) is -0.784. The van der Waals surface area contributed by atoms with Crippen molar-refractivity contribution in [3.05, 3.63) is 46.8 Å². The van der Waals surface area contributed by atoms with Gasteiger partial charge < -0.3 is 5.11 Å². The van der Waals surface area contributed by atoms with Crippen LogP contribution in [0.4, 0.5) is 0 Å². The number of aryl methyl sites for hydroxylation is 1. The normalized spacial score (nSPS) is 10.3. The highest BCUT2D eigenvalue weighted by Gasteiger charge is 2.05. The molecule has 0 fully saturated rings. The molecule has 0 amide bonds. The first-order valence-corrected chi connectivity index (χ1v) is 5.89. The van der Waals surface area contributed by atoms with Gasteiger partial charge in [-0.05, 0) is 29.5 Å². The molecular formula is C13H12O2S. The van der Waals surface area contributed by atoms with E-state index in [1.165, 1.54) is 5.56 Å². The molecule has 0 atom stereocenters. The highest BCUT2D eigenvalue weighted by Crippen LogP contribution is 2.27. The van der Waals surface area contributed by atoms with Crippen molar-refractivity contribution in [3.63, 3.8) is 0 Å². The quantitative estimate of drug-likeness (QED) is 0.881. The van der Waals surface area contributed by atoms with Crippen molar-refractivity contribution < 1.29 is 9.90 Å². The van der Waals surface area contributed by atoms with E-state index in [2.05, 4.69) is 24.3 Å². The molecule has 2 nitrogen and oxygen atoms in total. The van der Waals surface area contributed by atoms with E-state index in [0.29, 0.717) is 0 Å². The second-order valence-electron chi connectivity index (χ2n) is 3.76. The van der Waals surface area contributed by atoms with Gasteiger partial charge in [-0.1, -0.05) is 29.8 Å². The monoisotopic (exact) mass is 232 g/mol. The predicted octanol–water partition coefficient (Wildman–Crippen LogP) is 3.35.